The van der Waals surface area contributed by atoms with Crippen molar-refractivity contribution in [3.05, 3.63) is 60.2 Å². The number of nitrogens with zero attached hydrogens (tertiary/aromatic N) is 1. The summed E-state index contributed by atoms with van der Waals surface area (Å²) >= 11 is 0. The lowest BCUT2D eigenvalue weighted by Gasteiger charge is -2.14. The summed E-state index contributed by atoms with van der Waals surface area (Å²) in [5, 5.41) is 7.10. The molecule has 0 spiro atoms. The first-order valence-corrected chi connectivity index (χ1v) is 9.43. The van der Waals surface area contributed by atoms with E-state index in [2.05, 4.69) is 15.6 Å². The molecule has 1 unspecified atom stereocenters. The van der Waals surface area contributed by atoms with Gasteiger partial charge < -0.3 is 20.1 Å². The van der Waals surface area contributed by atoms with Crippen LogP contribution in [0.5, 0.6) is 5.75 Å². The van der Waals surface area contributed by atoms with Gasteiger partial charge in [-0.2, -0.15) is 0 Å². The molecule has 1 aromatic heterocycles. The number of pyridine rings is 1. The summed E-state index contributed by atoms with van der Waals surface area (Å²) in [7, 11) is 1.63. The van der Waals surface area contributed by atoms with Crippen molar-refractivity contribution in [2.45, 2.75) is 18.9 Å². The lowest BCUT2D eigenvalue weighted by atomic mass is 10.1. The average molecular weight is 377 g/mol. The van der Waals surface area contributed by atoms with Crippen LogP contribution in [0.2, 0.25) is 0 Å². The zero-order valence-corrected chi connectivity index (χ0v) is 15.8. The number of amides is 1. The zero-order valence-electron chi connectivity index (χ0n) is 15.8. The number of benzene rings is 2. The maximum Gasteiger partial charge on any atom is 0.252 e. The molecule has 0 aliphatic carbocycles. The van der Waals surface area contributed by atoms with Gasteiger partial charge in [0.25, 0.3) is 5.91 Å². The first kappa shape index (κ1) is 18.3. The van der Waals surface area contributed by atoms with Crippen molar-refractivity contribution in [3.63, 3.8) is 0 Å². The maximum absolute atomic E-state index is 12.9. The first-order chi connectivity index (χ1) is 13.7. The molecule has 1 aliphatic heterocycles. The molecule has 3 aromatic rings. The molecule has 4 rings (SSSR count). The number of rotatable bonds is 6. The Balaban J connectivity index is 1.59. The van der Waals surface area contributed by atoms with Gasteiger partial charge in [-0.25, -0.2) is 4.98 Å². The summed E-state index contributed by atoms with van der Waals surface area (Å²) in [4.78, 5) is 17.5. The van der Waals surface area contributed by atoms with Gasteiger partial charge in [0.05, 0.1) is 24.3 Å². The van der Waals surface area contributed by atoms with Gasteiger partial charge >= 0.3 is 0 Å². The highest BCUT2D eigenvalue weighted by atomic mass is 16.5. The number of aromatic nitrogens is 1. The van der Waals surface area contributed by atoms with Crippen LogP contribution in [0.4, 0.5) is 11.5 Å². The van der Waals surface area contributed by atoms with Crippen LogP contribution in [-0.2, 0) is 4.74 Å². The lowest BCUT2D eigenvalue weighted by Crippen LogP contribution is -2.32. The van der Waals surface area contributed by atoms with Crippen molar-refractivity contribution < 1.29 is 14.3 Å². The van der Waals surface area contributed by atoms with Crippen molar-refractivity contribution >= 4 is 28.3 Å². The molecule has 2 aromatic carbocycles. The Labute approximate surface area is 163 Å². The number of ether oxygens (including phenoxy) is 2. The van der Waals surface area contributed by atoms with Gasteiger partial charge in [-0.1, -0.05) is 18.2 Å². The van der Waals surface area contributed by atoms with Crippen LogP contribution in [0, 0.1) is 0 Å². The lowest BCUT2D eigenvalue weighted by molar-refractivity contribution is 0.0859. The minimum atomic E-state index is -0.119. The van der Waals surface area contributed by atoms with Crippen LogP contribution in [0.1, 0.15) is 23.2 Å². The van der Waals surface area contributed by atoms with E-state index in [0.29, 0.717) is 17.9 Å². The molecule has 0 saturated carbocycles. The molecule has 28 heavy (non-hydrogen) atoms. The Morgan fingerprint density at radius 2 is 2.04 bits per heavy atom. The van der Waals surface area contributed by atoms with Gasteiger partial charge in [0, 0.05) is 24.2 Å². The van der Waals surface area contributed by atoms with E-state index in [4.69, 9.17) is 9.47 Å². The van der Waals surface area contributed by atoms with Gasteiger partial charge in [0.1, 0.15) is 11.6 Å². The van der Waals surface area contributed by atoms with Crippen molar-refractivity contribution in [1.82, 2.24) is 10.3 Å². The smallest absolute Gasteiger partial charge is 0.252 e. The number of anilines is 2. The largest absolute Gasteiger partial charge is 0.497 e. The molecule has 1 amide bonds. The van der Waals surface area contributed by atoms with E-state index in [-0.39, 0.29) is 12.0 Å². The fourth-order valence-corrected chi connectivity index (χ4v) is 3.36. The van der Waals surface area contributed by atoms with Crippen LogP contribution in [0.25, 0.3) is 10.9 Å². The number of carbonyl (C=O) groups is 1. The highest BCUT2D eigenvalue weighted by molar-refractivity contribution is 6.07. The van der Waals surface area contributed by atoms with Crippen LogP contribution in [0.15, 0.2) is 54.6 Å². The van der Waals surface area contributed by atoms with E-state index in [1.54, 1.807) is 13.2 Å². The third-order valence-electron chi connectivity index (χ3n) is 4.84. The molecule has 6 heteroatoms. The number of fused-ring (bicyclic) bond motifs is 1. The quantitative estimate of drug-likeness (QED) is 0.682. The minimum absolute atomic E-state index is 0.106. The molecule has 0 radical (unpaired) electrons. The molecule has 2 heterocycles. The normalized spacial score (nSPS) is 16.1. The topological polar surface area (TPSA) is 72.5 Å². The average Bonchev–Trinajstić information content (AvgIpc) is 3.26. The highest BCUT2D eigenvalue weighted by Gasteiger charge is 2.18. The summed E-state index contributed by atoms with van der Waals surface area (Å²) in [6.45, 7) is 1.30. The highest BCUT2D eigenvalue weighted by Crippen LogP contribution is 2.24. The summed E-state index contributed by atoms with van der Waals surface area (Å²) in [5.41, 5.74) is 2.23. The van der Waals surface area contributed by atoms with Gasteiger partial charge in [0.15, 0.2) is 0 Å². The van der Waals surface area contributed by atoms with Gasteiger partial charge in [-0.05, 0) is 49.2 Å². The number of hydrogen-bond acceptors (Lipinski definition) is 5. The monoisotopic (exact) mass is 377 g/mol. The van der Waals surface area contributed by atoms with Crippen LogP contribution in [0.3, 0.4) is 0 Å². The number of methoxy groups -OCH3 is 1. The molecule has 0 bridgehead atoms. The standard InChI is InChI=1S/C22H23N3O3/c1-27-16-10-8-15(9-11-16)24-21-13-19(18-6-2-3-7-20(18)25-21)22(26)23-14-17-5-4-12-28-17/h2-3,6-11,13,17H,4-5,12,14H2,1H3,(H,23,26)(H,24,25). The third-order valence-corrected chi connectivity index (χ3v) is 4.84. The van der Waals surface area contributed by atoms with Crippen LogP contribution >= 0.6 is 0 Å². The molecule has 2 N–H and O–H groups in total. The molecular formula is C22H23N3O3. The second-order valence-corrected chi connectivity index (χ2v) is 6.77. The summed E-state index contributed by atoms with van der Waals surface area (Å²) in [6, 6.07) is 17.0. The second-order valence-electron chi connectivity index (χ2n) is 6.77. The Morgan fingerprint density at radius 3 is 2.79 bits per heavy atom. The predicted octanol–water partition coefficient (Wildman–Crippen LogP) is 3.90. The van der Waals surface area contributed by atoms with E-state index < -0.39 is 0 Å². The second kappa shape index (κ2) is 8.27. The Morgan fingerprint density at radius 1 is 1.21 bits per heavy atom. The van der Waals surface area contributed by atoms with E-state index >= 15 is 0 Å². The molecule has 1 atom stereocenters. The van der Waals surface area contributed by atoms with Gasteiger partial charge in [-0.15, -0.1) is 0 Å². The molecule has 1 fully saturated rings. The summed E-state index contributed by atoms with van der Waals surface area (Å²) in [6.07, 6.45) is 2.14. The van der Waals surface area contributed by atoms with E-state index in [1.165, 1.54) is 0 Å². The molecular weight excluding hydrogens is 354 g/mol. The minimum Gasteiger partial charge on any atom is -0.497 e. The Kier molecular flexibility index (Phi) is 5.39. The number of carbonyl (C=O) groups excluding carboxylic acids is 1. The Bertz CT molecular complexity index is 966. The molecule has 144 valence electrons. The molecule has 1 saturated heterocycles. The van der Waals surface area contributed by atoms with Crippen LogP contribution < -0.4 is 15.4 Å². The van der Waals surface area contributed by atoms with E-state index in [0.717, 1.165) is 41.8 Å². The zero-order chi connectivity index (χ0) is 19.3. The van der Waals surface area contributed by atoms with Gasteiger partial charge in [-0.3, -0.25) is 4.79 Å². The van der Waals surface area contributed by atoms with Crippen molar-refractivity contribution in [2.24, 2.45) is 0 Å². The molecule has 6 nitrogen and oxygen atoms in total. The fraction of sp³-hybridized carbons (Fsp3) is 0.273. The molecule has 1 aliphatic rings. The number of para-hydroxylation sites is 1. The third kappa shape index (κ3) is 4.07. The Hall–Kier alpha value is -3.12. The summed E-state index contributed by atoms with van der Waals surface area (Å²) in [5.74, 6) is 1.28. The number of nitrogens with one attached hydrogen (secondary N) is 2. The summed E-state index contributed by atoms with van der Waals surface area (Å²) < 4.78 is 10.8. The van der Waals surface area contributed by atoms with Crippen molar-refractivity contribution in [3.8, 4) is 5.75 Å². The van der Waals surface area contributed by atoms with Crippen LogP contribution in [-0.4, -0.2) is 37.3 Å². The fourth-order valence-electron chi connectivity index (χ4n) is 3.36. The van der Waals surface area contributed by atoms with Gasteiger partial charge in [0.2, 0.25) is 0 Å². The van der Waals surface area contributed by atoms with E-state index in [9.17, 15) is 4.79 Å². The first-order valence-electron chi connectivity index (χ1n) is 9.43. The SMILES string of the molecule is COc1ccc(Nc2cc(C(=O)NCC3CCCO3)c3ccccc3n2)cc1. The number of hydrogen-bond donors (Lipinski definition) is 2. The predicted molar refractivity (Wildman–Crippen MR) is 109 cm³/mol. The van der Waals surface area contributed by atoms with Crippen molar-refractivity contribution in [1.29, 1.82) is 0 Å². The van der Waals surface area contributed by atoms with E-state index in [1.807, 2.05) is 48.5 Å². The maximum atomic E-state index is 12.9. The van der Waals surface area contributed by atoms with Crippen molar-refractivity contribution in [2.75, 3.05) is 25.6 Å².